The number of hydrogen-bond acceptors (Lipinski definition) is 4. The van der Waals surface area contributed by atoms with Crippen molar-refractivity contribution >= 4 is 11.9 Å². The second kappa shape index (κ2) is 7.73. The van der Waals surface area contributed by atoms with E-state index in [-0.39, 0.29) is 24.8 Å². The number of hydrogen-bond donors (Lipinski definition) is 2. The van der Waals surface area contributed by atoms with Gasteiger partial charge in [0.1, 0.15) is 12.4 Å². The molecular formula is C16H18F3NO5. The summed E-state index contributed by atoms with van der Waals surface area (Å²) in [6.45, 7) is -0.128. The molecule has 0 aromatic heterocycles. The minimum atomic E-state index is -4.73. The summed E-state index contributed by atoms with van der Waals surface area (Å²) in [5.41, 5.74) is 0.184. The van der Waals surface area contributed by atoms with Gasteiger partial charge in [0.05, 0.1) is 12.0 Å². The third-order valence-corrected chi connectivity index (χ3v) is 3.79. The highest BCUT2D eigenvalue weighted by Crippen LogP contribution is 2.48. The van der Waals surface area contributed by atoms with Crippen LogP contribution in [0.5, 0.6) is 5.75 Å². The van der Waals surface area contributed by atoms with Gasteiger partial charge in [-0.05, 0) is 37.0 Å². The molecule has 25 heavy (non-hydrogen) atoms. The molecule has 0 heterocycles. The molecule has 0 aliphatic heterocycles. The molecule has 0 atom stereocenters. The fraction of sp³-hybridized carbons (Fsp3) is 0.500. The predicted octanol–water partition coefficient (Wildman–Crippen LogP) is 2.13. The van der Waals surface area contributed by atoms with E-state index in [0.29, 0.717) is 19.3 Å². The smallest absolute Gasteiger partial charge is 0.480 e. The van der Waals surface area contributed by atoms with Gasteiger partial charge in [-0.3, -0.25) is 4.79 Å². The Hall–Kier alpha value is -2.29. The number of aliphatic carboxylic acids is 1. The molecule has 0 unspecified atom stereocenters. The Morgan fingerprint density at radius 3 is 2.36 bits per heavy atom. The van der Waals surface area contributed by atoms with Gasteiger partial charge in [0.15, 0.2) is 0 Å². The first-order valence-corrected chi connectivity index (χ1v) is 7.63. The second-order valence-electron chi connectivity index (χ2n) is 5.85. The van der Waals surface area contributed by atoms with Crippen LogP contribution in [0.4, 0.5) is 13.2 Å². The second-order valence-corrected chi connectivity index (χ2v) is 5.85. The fourth-order valence-electron chi connectivity index (χ4n) is 2.42. The quantitative estimate of drug-likeness (QED) is 0.658. The van der Waals surface area contributed by atoms with Crippen molar-refractivity contribution in [2.24, 2.45) is 5.41 Å². The summed E-state index contributed by atoms with van der Waals surface area (Å²) in [7, 11) is 0. The van der Waals surface area contributed by atoms with Crippen LogP contribution in [0.2, 0.25) is 0 Å². The van der Waals surface area contributed by atoms with Crippen molar-refractivity contribution in [3.05, 3.63) is 29.8 Å². The lowest BCUT2D eigenvalue weighted by Crippen LogP contribution is -2.35. The average Bonchev–Trinajstić information content (AvgIpc) is 3.28. The molecule has 1 amide bonds. The van der Waals surface area contributed by atoms with Gasteiger partial charge in [0.2, 0.25) is 5.91 Å². The van der Waals surface area contributed by atoms with Crippen molar-refractivity contribution in [3.8, 4) is 5.75 Å². The van der Waals surface area contributed by atoms with E-state index in [4.69, 9.17) is 9.84 Å². The van der Waals surface area contributed by atoms with Crippen molar-refractivity contribution in [1.29, 1.82) is 0 Å². The summed E-state index contributed by atoms with van der Waals surface area (Å²) >= 11 is 0. The maximum Gasteiger partial charge on any atom is 0.573 e. The summed E-state index contributed by atoms with van der Waals surface area (Å²) in [4.78, 5) is 22.5. The standard InChI is InChI=1S/C16H18F3NO5/c17-16(18,19)25-12-3-1-11(2-4-12)9-15(5-6-15)14(23)20-7-8-24-10-13(21)22/h1-4H,5-10H2,(H,20,23)(H,21,22). The Kier molecular flexibility index (Phi) is 5.89. The van der Waals surface area contributed by atoms with Gasteiger partial charge in [-0.25, -0.2) is 4.79 Å². The van der Waals surface area contributed by atoms with Crippen LogP contribution < -0.4 is 10.1 Å². The Balaban J connectivity index is 1.80. The number of alkyl halides is 3. The lowest BCUT2D eigenvalue weighted by atomic mass is 9.95. The van der Waals surface area contributed by atoms with Crippen molar-refractivity contribution in [2.45, 2.75) is 25.6 Å². The van der Waals surface area contributed by atoms with E-state index in [0.717, 1.165) is 5.56 Å². The lowest BCUT2D eigenvalue weighted by Gasteiger charge is -2.16. The van der Waals surface area contributed by atoms with Crippen molar-refractivity contribution in [2.75, 3.05) is 19.8 Å². The van der Waals surface area contributed by atoms with E-state index >= 15 is 0 Å². The maximum atomic E-state index is 12.2. The number of halogens is 3. The topological polar surface area (TPSA) is 84.9 Å². The number of rotatable bonds is 9. The lowest BCUT2D eigenvalue weighted by molar-refractivity contribution is -0.274. The Bertz CT molecular complexity index is 611. The van der Waals surface area contributed by atoms with Crippen molar-refractivity contribution < 1.29 is 37.3 Å². The number of carboxylic acids is 1. The van der Waals surface area contributed by atoms with Crippen LogP contribution in [0.1, 0.15) is 18.4 Å². The number of ether oxygens (including phenoxy) is 2. The highest BCUT2D eigenvalue weighted by molar-refractivity contribution is 5.85. The van der Waals surface area contributed by atoms with E-state index in [1.165, 1.54) is 24.3 Å². The summed E-state index contributed by atoms with van der Waals surface area (Å²) in [5, 5.41) is 11.1. The van der Waals surface area contributed by atoms with Crippen molar-refractivity contribution in [1.82, 2.24) is 5.32 Å². The van der Waals surface area contributed by atoms with Gasteiger partial charge in [0.25, 0.3) is 0 Å². The molecule has 9 heteroatoms. The minimum absolute atomic E-state index is 0.0948. The van der Waals surface area contributed by atoms with E-state index in [1.54, 1.807) is 0 Å². The number of benzene rings is 1. The Morgan fingerprint density at radius 2 is 1.84 bits per heavy atom. The molecular weight excluding hydrogens is 343 g/mol. The first-order valence-electron chi connectivity index (χ1n) is 7.63. The molecule has 1 fully saturated rings. The molecule has 6 nitrogen and oxygen atoms in total. The molecule has 2 rings (SSSR count). The van der Waals surface area contributed by atoms with Crippen LogP contribution in [0, 0.1) is 5.41 Å². The maximum absolute atomic E-state index is 12.2. The molecule has 0 saturated heterocycles. The van der Waals surface area contributed by atoms with Gasteiger partial charge >= 0.3 is 12.3 Å². The highest BCUT2D eigenvalue weighted by atomic mass is 19.4. The first kappa shape index (κ1) is 19.0. The van der Waals surface area contributed by atoms with Crippen LogP contribution in [0.25, 0.3) is 0 Å². The molecule has 2 N–H and O–H groups in total. The number of carbonyl (C=O) groups excluding carboxylic acids is 1. The Morgan fingerprint density at radius 1 is 1.20 bits per heavy atom. The third kappa shape index (κ3) is 6.26. The summed E-state index contributed by atoms with van der Waals surface area (Å²) in [6, 6.07) is 5.45. The van der Waals surface area contributed by atoms with Gasteiger partial charge in [-0.1, -0.05) is 12.1 Å². The van der Waals surface area contributed by atoms with Gasteiger partial charge < -0.3 is 19.9 Å². The van der Waals surface area contributed by atoms with E-state index in [1.807, 2.05) is 0 Å². The number of carbonyl (C=O) groups is 2. The predicted molar refractivity (Wildman–Crippen MR) is 80.0 cm³/mol. The van der Waals surface area contributed by atoms with E-state index < -0.39 is 24.4 Å². The normalized spacial score (nSPS) is 15.5. The van der Waals surface area contributed by atoms with Crippen LogP contribution in [-0.4, -0.2) is 43.1 Å². The zero-order chi connectivity index (χ0) is 18.5. The summed E-state index contributed by atoms with van der Waals surface area (Å²) in [5.74, 6) is -1.55. The van der Waals surface area contributed by atoms with Crippen LogP contribution in [0.15, 0.2) is 24.3 Å². The molecule has 0 bridgehead atoms. The van der Waals surface area contributed by atoms with E-state index in [9.17, 15) is 22.8 Å². The molecule has 1 saturated carbocycles. The molecule has 138 valence electrons. The van der Waals surface area contributed by atoms with Gasteiger partial charge in [0, 0.05) is 6.54 Å². The SMILES string of the molecule is O=C(O)COCCNC(=O)C1(Cc2ccc(OC(F)(F)F)cc2)CC1. The minimum Gasteiger partial charge on any atom is -0.480 e. The molecule has 1 aliphatic rings. The van der Waals surface area contributed by atoms with Crippen LogP contribution >= 0.6 is 0 Å². The zero-order valence-electron chi connectivity index (χ0n) is 13.3. The fourth-order valence-corrected chi connectivity index (χ4v) is 2.42. The highest BCUT2D eigenvalue weighted by Gasteiger charge is 2.49. The average molecular weight is 361 g/mol. The Labute approximate surface area is 141 Å². The summed E-state index contributed by atoms with van der Waals surface area (Å²) < 4.78 is 45.0. The van der Waals surface area contributed by atoms with Crippen molar-refractivity contribution in [3.63, 3.8) is 0 Å². The summed E-state index contributed by atoms with van der Waals surface area (Å²) in [6.07, 6.45) is -2.94. The van der Waals surface area contributed by atoms with Gasteiger partial charge in [-0.15, -0.1) is 13.2 Å². The monoisotopic (exact) mass is 361 g/mol. The van der Waals surface area contributed by atoms with E-state index in [2.05, 4.69) is 10.1 Å². The number of nitrogens with one attached hydrogen (secondary N) is 1. The van der Waals surface area contributed by atoms with Crippen LogP contribution in [-0.2, 0) is 20.7 Å². The van der Waals surface area contributed by atoms with Gasteiger partial charge in [-0.2, -0.15) is 0 Å². The first-order chi connectivity index (χ1) is 11.7. The molecule has 0 spiro atoms. The third-order valence-electron chi connectivity index (χ3n) is 3.79. The molecule has 1 aromatic rings. The number of carboxylic acid groups (broad SMARTS) is 1. The molecule has 1 aromatic carbocycles. The van der Waals surface area contributed by atoms with Crippen LogP contribution in [0.3, 0.4) is 0 Å². The molecule has 1 aliphatic carbocycles. The largest absolute Gasteiger partial charge is 0.573 e. The number of amides is 1. The molecule has 0 radical (unpaired) electrons. The zero-order valence-corrected chi connectivity index (χ0v) is 13.3.